The Bertz CT molecular complexity index is 621. The highest BCUT2D eigenvalue weighted by Gasteiger charge is 2.08. The zero-order valence-corrected chi connectivity index (χ0v) is 12.2. The molecule has 0 aliphatic heterocycles. The Hall–Kier alpha value is -2.07. The topological polar surface area (TPSA) is 46.5 Å². The number of hydrogen-bond acceptors (Lipinski definition) is 2. The Balaban J connectivity index is 1.93. The molecule has 2 aromatic rings. The summed E-state index contributed by atoms with van der Waals surface area (Å²) in [6, 6.07) is 14.7. The van der Waals surface area contributed by atoms with Crippen LogP contribution in [0.4, 0.5) is 0 Å². The van der Waals surface area contributed by atoms with E-state index in [4.69, 9.17) is 9.84 Å². The highest BCUT2D eigenvalue weighted by atomic mass is 79.9. The van der Waals surface area contributed by atoms with E-state index >= 15 is 0 Å². The first kappa shape index (κ1) is 14.3. The average molecular weight is 333 g/mol. The minimum atomic E-state index is -0.965. The van der Waals surface area contributed by atoms with Crippen molar-refractivity contribution in [2.45, 2.75) is 0 Å². The Kier molecular flexibility index (Phi) is 4.96. The number of carbonyl (C=O) groups is 1. The molecule has 3 nitrogen and oxygen atoms in total. The molecule has 0 fully saturated rings. The smallest absolute Gasteiger partial charge is 0.336 e. The molecule has 0 heterocycles. The summed E-state index contributed by atoms with van der Waals surface area (Å²) in [4.78, 5) is 10.9. The Morgan fingerprint density at radius 2 is 1.95 bits per heavy atom. The number of hydrogen-bond donors (Lipinski definition) is 1. The lowest BCUT2D eigenvalue weighted by Gasteiger charge is -2.05. The lowest BCUT2D eigenvalue weighted by atomic mass is 10.2. The fourth-order valence-corrected chi connectivity index (χ4v) is 2.18. The fourth-order valence-electron chi connectivity index (χ4n) is 1.65. The molecule has 2 aromatic carbocycles. The van der Waals surface area contributed by atoms with E-state index in [0.717, 1.165) is 5.56 Å². The van der Waals surface area contributed by atoms with Crippen LogP contribution < -0.4 is 4.74 Å². The minimum Gasteiger partial charge on any atom is -0.489 e. The zero-order valence-electron chi connectivity index (χ0n) is 10.6. The summed E-state index contributed by atoms with van der Waals surface area (Å²) in [7, 11) is 0. The van der Waals surface area contributed by atoms with Crippen molar-refractivity contribution in [3.05, 3.63) is 70.2 Å². The molecule has 1 N–H and O–H groups in total. The van der Waals surface area contributed by atoms with E-state index in [-0.39, 0.29) is 5.56 Å². The van der Waals surface area contributed by atoms with Gasteiger partial charge in [-0.15, -0.1) is 0 Å². The maximum Gasteiger partial charge on any atom is 0.336 e. The first-order chi connectivity index (χ1) is 9.66. The second kappa shape index (κ2) is 6.91. The van der Waals surface area contributed by atoms with Gasteiger partial charge in [0.1, 0.15) is 12.4 Å². The van der Waals surface area contributed by atoms with Gasteiger partial charge >= 0.3 is 5.97 Å². The van der Waals surface area contributed by atoms with E-state index in [1.54, 1.807) is 12.1 Å². The van der Waals surface area contributed by atoms with Crippen molar-refractivity contribution < 1.29 is 14.6 Å². The van der Waals surface area contributed by atoms with Gasteiger partial charge in [-0.3, -0.25) is 0 Å². The first-order valence-corrected chi connectivity index (χ1v) is 6.83. The van der Waals surface area contributed by atoms with Crippen molar-refractivity contribution in [2.24, 2.45) is 0 Å². The molecule has 0 aromatic heterocycles. The maximum atomic E-state index is 10.9. The number of rotatable bonds is 5. The molecule has 0 saturated carbocycles. The number of benzene rings is 2. The van der Waals surface area contributed by atoms with Crippen molar-refractivity contribution in [1.82, 2.24) is 0 Å². The number of halogens is 1. The monoisotopic (exact) mass is 332 g/mol. The first-order valence-electron chi connectivity index (χ1n) is 6.04. The molecule has 0 spiro atoms. The van der Waals surface area contributed by atoms with Crippen molar-refractivity contribution >= 4 is 28.0 Å². The van der Waals surface area contributed by atoms with Gasteiger partial charge in [-0.05, 0) is 45.8 Å². The quantitative estimate of drug-likeness (QED) is 0.890. The fraction of sp³-hybridized carbons (Fsp3) is 0.0625. The summed E-state index contributed by atoms with van der Waals surface area (Å²) in [5.41, 5.74) is 1.33. The van der Waals surface area contributed by atoms with Gasteiger partial charge in [0.25, 0.3) is 0 Å². The maximum absolute atomic E-state index is 10.9. The van der Waals surface area contributed by atoms with E-state index < -0.39 is 5.97 Å². The molecule has 0 aliphatic rings. The van der Waals surface area contributed by atoms with Gasteiger partial charge in [0.15, 0.2) is 0 Å². The SMILES string of the molecule is O=C(O)c1ccc(OC/C=C/c2ccccc2)cc1Br. The van der Waals surface area contributed by atoms with E-state index in [1.165, 1.54) is 6.07 Å². The van der Waals surface area contributed by atoms with Crippen LogP contribution in [-0.2, 0) is 0 Å². The van der Waals surface area contributed by atoms with Gasteiger partial charge in [-0.25, -0.2) is 4.79 Å². The predicted molar refractivity (Wildman–Crippen MR) is 82.1 cm³/mol. The lowest BCUT2D eigenvalue weighted by molar-refractivity contribution is 0.0696. The van der Waals surface area contributed by atoms with Crippen LogP contribution in [0, 0.1) is 0 Å². The Morgan fingerprint density at radius 1 is 1.20 bits per heavy atom. The van der Waals surface area contributed by atoms with Crippen molar-refractivity contribution in [1.29, 1.82) is 0 Å². The summed E-state index contributed by atoms with van der Waals surface area (Å²) < 4.78 is 6.04. The van der Waals surface area contributed by atoms with Gasteiger partial charge in [0.2, 0.25) is 0 Å². The number of aromatic carboxylic acids is 1. The number of carboxylic acid groups (broad SMARTS) is 1. The highest BCUT2D eigenvalue weighted by molar-refractivity contribution is 9.10. The third-order valence-electron chi connectivity index (χ3n) is 2.63. The lowest BCUT2D eigenvalue weighted by Crippen LogP contribution is -1.99. The van der Waals surface area contributed by atoms with E-state index in [1.807, 2.05) is 42.5 Å². The van der Waals surface area contributed by atoms with Crippen molar-refractivity contribution in [3.8, 4) is 5.75 Å². The summed E-state index contributed by atoms with van der Waals surface area (Å²) >= 11 is 3.21. The van der Waals surface area contributed by atoms with Gasteiger partial charge in [0.05, 0.1) is 5.56 Å². The molecular weight excluding hydrogens is 320 g/mol. The number of carboxylic acids is 1. The number of ether oxygens (including phenoxy) is 1. The molecule has 0 saturated heterocycles. The summed E-state index contributed by atoms with van der Waals surface area (Å²) in [5, 5.41) is 8.91. The Labute approximate surface area is 125 Å². The van der Waals surface area contributed by atoms with Crippen LogP contribution in [0.1, 0.15) is 15.9 Å². The van der Waals surface area contributed by atoms with Crippen LogP contribution in [0.3, 0.4) is 0 Å². The second-order valence-corrected chi connectivity index (χ2v) is 4.93. The van der Waals surface area contributed by atoms with Crippen LogP contribution >= 0.6 is 15.9 Å². The predicted octanol–water partition coefficient (Wildman–Crippen LogP) is 4.24. The van der Waals surface area contributed by atoms with Crippen LogP contribution in [0.25, 0.3) is 6.08 Å². The average Bonchev–Trinajstić information content (AvgIpc) is 2.44. The standard InChI is InChI=1S/C16H13BrO3/c17-15-11-13(8-9-14(15)16(18)19)20-10-4-7-12-5-2-1-3-6-12/h1-9,11H,10H2,(H,18,19)/b7-4+. The highest BCUT2D eigenvalue weighted by Crippen LogP contribution is 2.23. The molecule has 20 heavy (non-hydrogen) atoms. The van der Waals surface area contributed by atoms with E-state index in [9.17, 15) is 4.79 Å². The Morgan fingerprint density at radius 3 is 2.60 bits per heavy atom. The molecule has 102 valence electrons. The van der Waals surface area contributed by atoms with Crippen LogP contribution in [0.15, 0.2) is 59.1 Å². The van der Waals surface area contributed by atoms with Crippen LogP contribution in [0.2, 0.25) is 0 Å². The van der Waals surface area contributed by atoms with Gasteiger partial charge in [-0.2, -0.15) is 0 Å². The molecule has 0 aliphatic carbocycles. The largest absolute Gasteiger partial charge is 0.489 e. The molecule has 0 amide bonds. The molecule has 0 bridgehead atoms. The zero-order chi connectivity index (χ0) is 14.4. The summed E-state index contributed by atoms with van der Waals surface area (Å²) in [5.74, 6) is -0.341. The minimum absolute atomic E-state index is 0.220. The van der Waals surface area contributed by atoms with Crippen molar-refractivity contribution in [2.75, 3.05) is 6.61 Å². The summed E-state index contributed by atoms with van der Waals surface area (Å²) in [6.07, 6.45) is 3.88. The summed E-state index contributed by atoms with van der Waals surface area (Å²) in [6.45, 7) is 0.424. The second-order valence-electron chi connectivity index (χ2n) is 4.07. The van der Waals surface area contributed by atoms with Gasteiger partial charge in [-0.1, -0.05) is 36.4 Å². The molecule has 0 radical (unpaired) electrons. The molecule has 0 atom stereocenters. The normalized spacial score (nSPS) is 10.7. The van der Waals surface area contributed by atoms with Gasteiger partial charge in [0, 0.05) is 4.47 Å². The third-order valence-corrected chi connectivity index (χ3v) is 3.28. The molecular formula is C16H13BrO3. The van der Waals surface area contributed by atoms with Gasteiger partial charge < -0.3 is 9.84 Å². The van der Waals surface area contributed by atoms with Crippen LogP contribution in [-0.4, -0.2) is 17.7 Å². The van der Waals surface area contributed by atoms with E-state index in [0.29, 0.717) is 16.8 Å². The van der Waals surface area contributed by atoms with Crippen LogP contribution in [0.5, 0.6) is 5.75 Å². The molecule has 2 rings (SSSR count). The van der Waals surface area contributed by atoms with E-state index in [2.05, 4.69) is 15.9 Å². The molecule has 4 heteroatoms. The van der Waals surface area contributed by atoms with Crippen molar-refractivity contribution in [3.63, 3.8) is 0 Å². The molecule has 0 unspecified atom stereocenters. The third kappa shape index (κ3) is 3.96.